The second-order valence-electron chi connectivity index (χ2n) is 13.5. The van der Waals surface area contributed by atoms with Crippen molar-refractivity contribution in [3.8, 4) is 0 Å². The summed E-state index contributed by atoms with van der Waals surface area (Å²) in [6.45, 7) is 5.81. The van der Waals surface area contributed by atoms with E-state index in [9.17, 15) is 0 Å². The number of hydrogen-bond donors (Lipinski definition) is 3. The minimum absolute atomic E-state index is 0.166. The van der Waals surface area contributed by atoms with Crippen LogP contribution in [0.15, 0.2) is 82.8 Å². The lowest BCUT2D eigenvalue weighted by Crippen LogP contribution is -2.23. The van der Waals surface area contributed by atoms with Crippen molar-refractivity contribution in [2.45, 2.75) is 96.6 Å². The van der Waals surface area contributed by atoms with Crippen molar-refractivity contribution in [3.05, 3.63) is 106 Å². The lowest BCUT2D eigenvalue weighted by molar-refractivity contribution is 0.417. The Hall–Kier alpha value is -3.54. The number of benzene rings is 3. The number of aromatic nitrogens is 1. The van der Waals surface area contributed by atoms with Crippen LogP contribution in [0.25, 0.3) is 10.8 Å². The molecule has 4 aromatic rings. The second-order valence-corrected chi connectivity index (χ2v) is 13.5. The third-order valence-electron chi connectivity index (χ3n) is 10.4. The van der Waals surface area contributed by atoms with Crippen molar-refractivity contribution in [1.82, 2.24) is 4.98 Å². The van der Waals surface area contributed by atoms with Gasteiger partial charge in [-0.3, -0.25) is 9.98 Å². The van der Waals surface area contributed by atoms with Crippen molar-refractivity contribution >= 4 is 22.2 Å². The number of aliphatic imine (C=N–C) groups is 2. The Kier molecular flexibility index (Phi) is 10.8. The largest absolute Gasteiger partial charge is 0.361 e. The Bertz CT molecular complexity index is 1660. The van der Waals surface area contributed by atoms with E-state index in [0.29, 0.717) is 24.9 Å². The fourth-order valence-corrected chi connectivity index (χ4v) is 7.90. The monoisotopic (exact) mass is 615 g/mol. The summed E-state index contributed by atoms with van der Waals surface area (Å²) in [6, 6.07) is 27.0. The van der Waals surface area contributed by atoms with E-state index in [4.69, 9.17) is 21.5 Å². The van der Waals surface area contributed by atoms with Gasteiger partial charge in [-0.2, -0.15) is 0 Å². The van der Waals surface area contributed by atoms with Gasteiger partial charge in [0.1, 0.15) is 0 Å². The summed E-state index contributed by atoms with van der Waals surface area (Å²) in [7, 11) is 0. The van der Waals surface area contributed by atoms with Crippen molar-refractivity contribution in [1.29, 1.82) is 0 Å². The van der Waals surface area contributed by atoms with Crippen LogP contribution in [0.2, 0.25) is 0 Å². The first-order chi connectivity index (χ1) is 22.7. The number of aromatic amines is 1. The van der Waals surface area contributed by atoms with E-state index in [1.807, 2.05) is 0 Å². The van der Waals surface area contributed by atoms with Gasteiger partial charge in [0.2, 0.25) is 0 Å². The average Bonchev–Trinajstić information content (AvgIpc) is 3.76. The first-order valence-electron chi connectivity index (χ1n) is 18.0. The summed E-state index contributed by atoms with van der Waals surface area (Å²) in [6.07, 6.45) is 12.1. The molecule has 0 bridgehead atoms. The number of aryl methyl sites for hydroxylation is 2. The van der Waals surface area contributed by atoms with E-state index in [1.165, 1.54) is 68.7 Å². The Balaban J connectivity index is 1.11. The number of hydrogen-bond acceptors (Lipinski definition) is 4. The second kappa shape index (κ2) is 15.4. The van der Waals surface area contributed by atoms with Crippen LogP contribution < -0.4 is 11.5 Å². The third-order valence-corrected chi connectivity index (χ3v) is 10.4. The molecule has 4 unspecified atom stereocenters. The number of nitrogens with two attached hydrogens (primary N) is 2. The fraction of sp³-hybridized carbons (Fsp3) is 0.463. The molecule has 0 radical (unpaired) electrons. The maximum absolute atomic E-state index is 6.43. The molecule has 5 N–H and O–H groups in total. The van der Waals surface area contributed by atoms with Crippen molar-refractivity contribution in [2.24, 2.45) is 33.3 Å². The minimum Gasteiger partial charge on any atom is -0.361 e. The Morgan fingerprint density at radius 1 is 0.674 bits per heavy atom. The van der Waals surface area contributed by atoms with E-state index in [1.54, 1.807) is 0 Å². The molecule has 0 fully saturated rings. The fourth-order valence-electron chi connectivity index (χ4n) is 7.90. The van der Waals surface area contributed by atoms with Crippen LogP contribution in [0.3, 0.4) is 0 Å². The van der Waals surface area contributed by atoms with Crippen LogP contribution in [-0.4, -0.2) is 29.5 Å². The first kappa shape index (κ1) is 32.4. The number of fused-ring (bicyclic) bond motifs is 3. The Morgan fingerprint density at radius 3 is 2.09 bits per heavy atom. The van der Waals surface area contributed by atoms with Gasteiger partial charge in [0.05, 0.1) is 12.1 Å². The zero-order valence-corrected chi connectivity index (χ0v) is 28.0. The molecule has 0 saturated carbocycles. The third kappa shape index (κ3) is 6.77. The summed E-state index contributed by atoms with van der Waals surface area (Å²) >= 11 is 0. The Morgan fingerprint density at radius 2 is 1.37 bits per heavy atom. The lowest BCUT2D eigenvalue weighted by Gasteiger charge is -2.21. The van der Waals surface area contributed by atoms with Gasteiger partial charge in [0.15, 0.2) is 0 Å². The van der Waals surface area contributed by atoms with Gasteiger partial charge in [0.25, 0.3) is 0 Å². The SMILES string of the molecule is CCCCC(CN)C1=NC(CCCCc2[nH]c(CCC(CN)C3N=C(CCC)c4ccccc43)c3ccccc23)c2ccccc21. The quantitative estimate of drug-likeness (QED) is 0.103. The maximum atomic E-state index is 6.43. The van der Waals surface area contributed by atoms with Crippen LogP contribution in [0.5, 0.6) is 0 Å². The van der Waals surface area contributed by atoms with Gasteiger partial charge in [-0.25, -0.2) is 0 Å². The highest BCUT2D eigenvalue weighted by atomic mass is 14.9. The molecule has 6 rings (SSSR count). The van der Waals surface area contributed by atoms with Gasteiger partial charge in [-0.05, 0) is 68.5 Å². The van der Waals surface area contributed by atoms with E-state index < -0.39 is 0 Å². The van der Waals surface area contributed by atoms with Crippen LogP contribution in [-0.2, 0) is 12.8 Å². The number of unbranched alkanes of at least 4 members (excludes halogenated alkanes) is 2. The van der Waals surface area contributed by atoms with Gasteiger partial charge in [-0.15, -0.1) is 0 Å². The smallest absolute Gasteiger partial charge is 0.0799 e. The molecule has 2 aliphatic rings. The zero-order valence-electron chi connectivity index (χ0n) is 28.0. The highest BCUT2D eigenvalue weighted by Gasteiger charge is 2.31. The van der Waals surface area contributed by atoms with E-state index in [-0.39, 0.29) is 12.1 Å². The maximum Gasteiger partial charge on any atom is 0.0799 e. The van der Waals surface area contributed by atoms with E-state index in [2.05, 4.69) is 91.6 Å². The lowest BCUT2D eigenvalue weighted by atomic mass is 9.88. The summed E-state index contributed by atoms with van der Waals surface area (Å²) < 4.78 is 0. The molecule has 5 heteroatoms. The number of rotatable bonds is 17. The van der Waals surface area contributed by atoms with E-state index in [0.717, 1.165) is 57.8 Å². The van der Waals surface area contributed by atoms with Gasteiger partial charge >= 0.3 is 0 Å². The van der Waals surface area contributed by atoms with E-state index >= 15 is 0 Å². The molecule has 242 valence electrons. The first-order valence-corrected chi connectivity index (χ1v) is 18.0. The van der Waals surface area contributed by atoms with Gasteiger partial charge in [0, 0.05) is 57.2 Å². The molecule has 46 heavy (non-hydrogen) atoms. The molecule has 0 saturated heterocycles. The molecule has 1 aromatic heterocycles. The summed E-state index contributed by atoms with van der Waals surface area (Å²) in [5, 5.41) is 2.72. The van der Waals surface area contributed by atoms with Crippen LogP contribution >= 0.6 is 0 Å². The molecule has 0 aliphatic carbocycles. The summed E-state index contributed by atoms with van der Waals surface area (Å²) in [4.78, 5) is 14.4. The van der Waals surface area contributed by atoms with Gasteiger partial charge < -0.3 is 16.5 Å². The predicted molar refractivity (Wildman–Crippen MR) is 195 cm³/mol. The predicted octanol–water partition coefficient (Wildman–Crippen LogP) is 9.04. The highest BCUT2D eigenvalue weighted by Crippen LogP contribution is 2.39. The highest BCUT2D eigenvalue weighted by molar-refractivity contribution is 6.06. The van der Waals surface area contributed by atoms with Crippen molar-refractivity contribution in [3.63, 3.8) is 0 Å². The van der Waals surface area contributed by atoms with Crippen molar-refractivity contribution in [2.75, 3.05) is 13.1 Å². The standard InChI is InChI=1S/C41H53N5/c1-3-5-15-28(26-42)40-35-21-11-9-19-33(35)38(46-40)23-13-12-22-37-30-16-6-7-17-31(30)39(44-37)25-24-29(27-43)41-34-20-10-8-18-32(34)36(45-41)14-4-2/h6-11,16-21,28-29,38,41,44H,3-5,12-15,22-27,42-43H2,1-2H3. The summed E-state index contributed by atoms with van der Waals surface area (Å²) in [5.41, 5.74) is 23.3. The summed E-state index contributed by atoms with van der Waals surface area (Å²) in [5.74, 6) is 0.684. The van der Waals surface area contributed by atoms with Crippen molar-refractivity contribution < 1.29 is 0 Å². The Labute approximate surface area is 276 Å². The van der Waals surface area contributed by atoms with Crippen LogP contribution in [0.1, 0.15) is 117 Å². The molecule has 5 nitrogen and oxygen atoms in total. The topological polar surface area (TPSA) is 92.5 Å². The molecular formula is C41H53N5. The molecule has 3 heterocycles. The van der Waals surface area contributed by atoms with Crippen LogP contribution in [0.4, 0.5) is 0 Å². The molecule has 2 aliphatic heterocycles. The number of H-pyrrole nitrogens is 1. The van der Waals surface area contributed by atoms with Gasteiger partial charge in [-0.1, -0.05) is 112 Å². The van der Waals surface area contributed by atoms with Crippen LogP contribution in [0, 0.1) is 11.8 Å². The molecular weight excluding hydrogens is 562 g/mol. The number of nitrogens with one attached hydrogen (secondary N) is 1. The minimum atomic E-state index is 0.166. The molecule has 0 amide bonds. The normalized spacial score (nSPS) is 18.3. The number of nitrogens with zero attached hydrogens (tertiary/aromatic N) is 2. The molecule has 4 atom stereocenters. The average molecular weight is 616 g/mol. The zero-order chi connectivity index (χ0) is 31.9. The molecule has 3 aromatic carbocycles. The molecule has 0 spiro atoms.